The molecule has 2 rings (SSSR count). The smallest absolute Gasteiger partial charge is 0.296 e. The normalized spacial score (nSPS) is 20.3. The molecule has 1 aromatic rings. The Morgan fingerprint density at radius 1 is 1.50 bits per heavy atom. The van der Waals surface area contributed by atoms with Gasteiger partial charge in [-0.1, -0.05) is 6.08 Å². The number of carbonyl (C=O) groups excluding carboxylic acids is 1. The SMILES string of the molecule is C=CC1CC(=O)N(c2cc(C(F)(F)F)ccn2)C1. The predicted octanol–water partition coefficient (Wildman–Crippen LogP) is 2.64. The summed E-state index contributed by atoms with van der Waals surface area (Å²) in [6, 6.07) is 1.78. The Morgan fingerprint density at radius 3 is 2.78 bits per heavy atom. The van der Waals surface area contributed by atoms with Crippen LogP contribution >= 0.6 is 0 Å². The van der Waals surface area contributed by atoms with Crippen LogP contribution in [0, 0.1) is 5.92 Å². The van der Waals surface area contributed by atoms with Gasteiger partial charge in [0.2, 0.25) is 5.91 Å². The molecule has 1 aliphatic rings. The summed E-state index contributed by atoms with van der Waals surface area (Å²) in [6.07, 6.45) is -1.47. The Labute approximate surface area is 102 Å². The molecule has 0 N–H and O–H groups in total. The average Bonchev–Trinajstić information content (AvgIpc) is 2.70. The third-order valence-electron chi connectivity index (χ3n) is 2.84. The lowest BCUT2D eigenvalue weighted by Gasteiger charge is -2.16. The second-order valence-electron chi connectivity index (χ2n) is 4.10. The molecule has 0 saturated carbocycles. The maximum atomic E-state index is 12.5. The van der Waals surface area contributed by atoms with E-state index in [1.807, 2.05) is 0 Å². The minimum atomic E-state index is -4.43. The first-order chi connectivity index (χ1) is 8.41. The van der Waals surface area contributed by atoms with Crippen molar-refractivity contribution in [1.82, 2.24) is 4.98 Å². The number of anilines is 1. The van der Waals surface area contributed by atoms with E-state index in [1.165, 1.54) is 4.90 Å². The van der Waals surface area contributed by atoms with Gasteiger partial charge in [-0.2, -0.15) is 13.2 Å². The molecule has 1 fully saturated rings. The molecule has 6 heteroatoms. The van der Waals surface area contributed by atoms with E-state index in [-0.39, 0.29) is 24.1 Å². The zero-order valence-electron chi connectivity index (χ0n) is 9.44. The van der Waals surface area contributed by atoms with Gasteiger partial charge in [0, 0.05) is 25.1 Å². The fourth-order valence-corrected chi connectivity index (χ4v) is 1.86. The number of alkyl halides is 3. The maximum absolute atomic E-state index is 12.5. The van der Waals surface area contributed by atoms with Crippen LogP contribution < -0.4 is 4.90 Å². The second-order valence-corrected chi connectivity index (χ2v) is 4.10. The first-order valence-corrected chi connectivity index (χ1v) is 5.38. The summed E-state index contributed by atoms with van der Waals surface area (Å²) < 4.78 is 37.6. The maximum Gasteiger partial charge on any atom is 0.416 e. The summed E-state index contributed by atoms with van der Waals surface area (Å²) in [4.78, 5) is 16.8. The zero-order valence-corrected chi connectivity index (χ0v) is 9.44. The summed E-state index contributed by atoms with van der Waals surface area (Å²) in [6.45, 7) is 3.91. The van der Waals surface area contributed by atoms with Gasteiger partial charge in [-0.3, -0.25) is 9.69 Å². The number of amides is 1. The quantitative estimate of drug-likeness (QED) is 0.762. The lowest BCUT2D eigenvalue weighted by atomic mass is 10.1. The Bertz CT molecular complexity index is 484. The van der Waals surface area contributed by atoms with E-state index in [9.17, 15) is 18.0 Å². The van der Waals surface area contributed by atoms with Gasteiger partial charge in [0.05, 0.1) is 5.56 Å². The van der Waals surface area contributed by atoms with E-state index < -0.39 is 11.7 Å². The molecule has 1 amide bonds. The highest BCUT2D eigenvalue weighted by atomic mass is 19.4. The third kappa shape index (κ3) is 2.37. The van der Waals surface area contributed by atoms with Gasteiger partial charge in [-0.05, 0) is 12.1 Å². The number of aromatic nitrogens is 1. The van der Waals surface area contributed by atoms with Gasteiger partial charge < -0.3 is 0 Å². The molecular weight excluding hydrogens is 245 g/mol. The monoisotopic (exact) mass is 256 g/mol. The van der Waals surface area contributed by atoms with Crippen molar-refractivity contribution in [3.8, 4) is 0 Å². The van der Waals surface area contributed by atoms with Crippen molar-refractivity contribution in [1.29, 1.82) is 0 Å². The van der Waals surface area contributed by atoms with Crippen LogP contribution in [0.15, 0.2) is 31.0 Å². The number of pyridine rings is 1. The van der Waals surface area contributed by atoms with E-state index in [2.05, 4.69) is 11.6 Å². The molecule has 1 saturated heterocycles. The molecule has 0 radical (unpaired) electrons. The van der Waals surface area contributed by atoms with E-state index in [4.69, 9.17) is 0 Å². The van der Waals surface area contributed by atoms with Gasteiger partial charge >= 0.3 is 6.18 Å². The van der Waals surface area contributed by atoms with Crippen LogP contribution in [0.5, 0.6) is 0 Å². The minimum Gasteiger partial charge on any atom is -0.296 e. The average molecular weight is 256 g/mol. The molecule has 96 valence electrons. The summed E-state index contributed by atoms with van der Waals surface area (Å²) in [5, 5.41) is 0. The second kappa shape index (κ2) is 4.44. The molecule has 0 aromatic carbocycles. The largest absolute Gasteiger partial charge is 0.416 e. The van der Waals surface area contributed by atoms with Gasteiger partial charge in [0.15, 0.2) is 0 Å². The molecule has 0 spiro atoms. The van der Waals surface area contributed by atoms with E-state index >= 15 is 0 Å². The first kappa shape index (κ1) is 12.6. The van der Waals surface area contributed by atoms with Crippen molar-refractivity contribution in [2.24, 2.45) is 5.92 Å². The molecule has 18 heavy (non-hydrogen) atoms. The number of carbonyl (C=O) groups is 1. The van der Waals surface area contributed by atoms with Gasteiger partial charge in [-0.15, -0.1) is 6.58 Å². The Morgan fingerprint density at radius 2 is 2.22 bits per heavy atom. The molecule has 2 heterocycles. The molecule has 1 aliphatic heterocycles. The van der Waals surface area contributed by atoms with Crippen LogP contribution in [-0.4, -0.2) is 17.4 Å². The number of rotatable bonds is 2. The van der Waals surface area contributed by atoms with Crippen molar-refractivity contribution >= 4 is 11.7 Å². The fourth-order valence-electron chi connectivity index (χ4n) is 1.86. The topological polar surface area (TPSA) is 33.2 Å². The third-order valence-corrected chi connectivity index (χ3v) is 2.84. The van der Waals surface area contributed by atoms with Crippen LogP contribution in [0.2, 0.25) is 0 Å². The highest BCUT2D eigenvalue weighted by molar-refractivity contribution is 5.95. The molecule has 0 bridgehead atoms. The first-order valence-electron chi connectivity index (χ1n) is 5.38. The minimum absolute atomic E-state index is 0.0335. The Kier molecular flexibility index (Phi) is 3.11. The van der Waals surface area contributed by atoms with Crippen LogP contribution in [0.4, 0.5) is 19.0 Å². The Balaban J connectivity index is 2.29. The molecule has 1 aromatic heterocycles. The van der Waals surface area contributed by atoms with Gasteiger partial charge in [-0.25, -0.2) is 4.98 Å². The highest BCUT2D eigenvalue weighted by Gasteiger charge is 2.34. The number of hydrogen-bond acceptors (Lipinski definition) is 2. The van der Waals surface area contributed by atoms with Crippen molar-refractivity contribution in [3.63, 3.8) is 0 Å². The van der Waals surface area contributed by atoms with Crippen LogP contribution in [0.1, 0.15) is 12.0 Å². The standard InChI is InChI=1S/C12H11F3N2O/c1-2-8-5-11(18)17(7-8)10-6-9(3-4-16-10)12(13,14)15/h2-4,6,8H,1,5,7H2. The lowest BCUT2D eigenvalue weighted by Crippen LogP contribution is -2.25. The summed E-state index contributed by atoms with van der Waals surface area (Å²) in [5.41, 5.74) is -0.803. The molecule has 1 unspecified atom stereocenters. The van der Waals surface area contributed by atoms with Crippen molar-refractivity contribution in [3.05, 3.63) is 36.5 Å². The molecule has 0 aliphatic carbocycles. The van der Waals surface area contributed by atoms with Crippen LogP contribution in [0.25, 0.3) is 0 Å². The van der Waals surface area contributed by atoms with E-state index in [0.29, 0.717) is 6.54 Å². The highest BCUT2D eigenvalue weighted by Crippen LogP contribution is 2.32. The van der Waals surface area contributed by atoms with Gasteiger partial charge in [0.25, 0.3) is 0 Å². The van der Waals surface area contributed by atoms with E-state index in [1.54, 1.807) is 6.08 Å². The number of nitrogens with zero attached hydrogens (tertiary/aromatic N) is 2. The molecule has 1 atom stereocenters. The molecular formula is C12H11F3N2O. The Hall–Kier alpha value is -1.85. The predicted molar refractivity (Wildman–Crippen MR) is 59.9 cm³/mol. The number of hydrogen-bond donors (Lipinski definition) is 0. The van der Waals surface area contributed by atoms with Crippen LogP contribution in [-0.2, 0) is 11.0 Å². The van der Waals surface area contributed by atoms with Crippen molar-refractivity contribution in [2.75, 3.05) is 11.4 Å². The van der Waals surface area contributed by atoms with Gasteiger partial charge in [0.1, 0.15) is 5.82 Å². The summed E-state index contributed by atoms with van der Waals surface area (Å²) >= 11 is 0. The van der Waals surface area contributed by atoms with Crippen LogP contribution in [0.3, 0.4) is 0 Å². The zero-order chi connectivity index (χ0) is 13.3. The summed E-state index contributed by atoms with van der Waals surface area (Å²) in [7, 11) is 0. The summed E-state index contributed by atoms with van der Waals surface area (Å²) in [5.74, 6) is -0.222. The van der Waals surface area contributed by atoms with Crippen molar-refractivity contribution < 1.29 is 18.0 Å². The lowest BCUT2D eigenvalue weighted by molar-refractivity contribution is -0.137. The van der Waals surface area contributed by atoms with E-state index in [0.717, 1.165) is 18.3 Å². The number of halogens is 3. The molecule has 3 nitrogen and oxygen atoms in total. The fraction of sp³-hybridized carbons (Fsp3) is 0.333. The van der Waals surface area contributed by atoms with Crippen molar-refractivity contribution in [2.45, 2.75) is 12.6 Å².